The van der Waals surface area contributed by atoms with Crippen molar-refractivity contribution in [3.05, 3.63) is 65.3 Å². The summed E-state index contributed by atoms with van der Waals surface area (Å²) in [5, 5.41) is 7.55. The molecule has 0 aliphatic carbocycles. The fraction of sp³-hybridized carbons (Fsp3) is 0.0667. The Balaban J connectivity index is 1.72. The Kier molecular flexibility index (Phi) is 4.20. The molecule has 1 amide bonds. The fourth-order valence-electron chi connectivity index (χ4n) is 2.03. The maximum Gasteiger partial charge on any atom is 0.278 e. The number of anilines is 2. The molecule has 0 aliphatic rings. The molecule has 3 aromatic rings. The maximum absolute atomic E-state index is 12.1. The summed E-state index contributed by atoms with van der Waals surface area (Å²) in [6, 6.07) is 7.51. The van der Waals surface area contributed by atoms with Crippen molar-refractivity contribution in [2.45, 2.75) is 6.54 Å². The van der Waals surface area contributed by atoms with Crippen LogP contribution in [0.5, 0.6) is 0 Å². The van der Waals surface area contributed by atoms with Crippen LogP contribution in [0.4, 0.5) is 11.5 Å². The van der Waals surface area contributed by atoms with Gasteiger partial charge in [0.15, 0.2) is 11.5 Å². The standard InChI is InChI=1S/C15H13ClN6O/c16-12-4-2-1-3-10(12)8-22-9-11(7-20-22)21-15(23)13-14(17)19-6-5-18-13/h1-7,9H,8H2,(H2,17,19)(H,21,23). The minimum Gasteiger partial charge on any atom is -0.382 e. The van der Waals surface area contributed by atoms with Gasteiger partial charge < -0.3 is 11.1 Å². The molecule has 3 rings (SSSR count). The van der Waals surface area contributed by atoms with Gasteiger partial charge in [0.2, 0.25) is 0 Å². The van der Waals surface area contributed by atoms with Crippen LogP contribution in [-0.2, 0) is 6.54 Å². The summed E-state index contributed by atoms with van der Waals surface area (Å²) < 4.78 is 1.68. The molecular formula is C15H13ClN6O. The zero-order chi connectivity index (χ0) is 16.2. The quantitative estimate of drug-likeness (QED) is 0.765. The normalized spacial score (nSPS) is 10.5. The molecule has 0 atom stereocenters. The average Bonchev–Trinajstić information content (AvgIpc) is 2.97. The Morgan fingerprint density at radius 1 is 1.26 bits per heavy atom. The molecule has 0 bridgehead atoms. The Labute approximate surface area is 137 Å². The van der Waals surface area contributed by atoms with E-state index in [-0.39, 0.29) is 11.5 Å². The molecule has 0 aliphatic heterocycles. The summed E-state index contributed by atoms with van der Waals surface area (Å²) in [6.07, 6.45) is 6.08. The van der Waals surface area contributed by atoms with Crippen molar-refractivity contribution in [2.75, 3.05) is 11.1 Å². The number of carbonyl (C=O) groups is 1. The minimum absolute atomic E-state index is 0.0753. The Morgan fingerprint density at radius 2 is 2.04 bits per heavy atom. The van der Waals surface area contributed by atoms with Crippen LogP contribution >= 0.6 is 11.6 Å². The van der Waals surface area contributed by atoms with Crippen LogP contribution in [0.3, 0.4) is 0 Å². The lowest BCUT2D eigenvalue weighted by atomic mass is 10.2. The molecule has 2 heterocycles. The number of halogens is 1. The topological polar surface area (TPSA) is 98.7 Å². The van der Waals surface area contributed by atoms with Gasteiger partial charge in [0, 0.05) is 23.6 Å². The van der Waals surface area contributed by atoms with Crippen molar-refractivity contribution in [2.24, 2.45) is 0 Å². The van der Waals surface area contributed by atoms with E-state index in [4.69, 9.17) is 17.3 Å². The summed E-state index contributed by atoms with van der Waals surface area (Å²) in [6.45, 7) is 0.503. The van der Waals surface area contributed by atoms with Gasteiger partial charge in [-0.15, -0.1) is 0 Å². The molecule has 0 spiro atoms. The second-order valence-corrected chi connectivity index (χ2v) is 5.17. The summed E-state index contributed by atoms with van der Waals surface area (Å²) in [7, 11) is 0. The summed E-state index contributed by atoms with van der Waals surface area (Å²) >= 11 is 6.12. The van der Waals surface area contributed by atoms with Gasteiger partial charge in [-0.1, -0.05) is 29.8 Å². The number of aromatic nitrogens is 4. The second-order valence-electron chi connectivity index (χ2n) is 4.76. The van der Waals surface area contributed by atoms with Gasteiger partial charge in [-0.3, -0.25) is 9.48 Å². The van der Waals surface area contributed by atoms with E-state index in [1.165, 1.54) is 12.4 Å². The molecule has 0 saturated heterocycles. The summed E-state index contributed by atoms with van der Waals surface area (Å²) in [5.41, 5.74) is 7.18. The summed E-state index contributed by atoms with van der Waals surface area (Å²) in [4.78, 5) is 19.9. The fourth-order valence-corrected chi connectivity index (χ4v) is 2.23. The molecule has 3 N–H and O–H groups in total. The van der Waals surface area contributed by atoms with Gasteiger partial charge in [0.25, 0.3) is 5.91 Å². The van der Waals surface area contributed by atoms with Crippen LogP contribution in [-0.4, -0.2) is 25.7 Å². The van der Waals surface area contributed by atoms with E-state index in [1.807, 2.05) is 24.3 Å². The molecular weight excluding hydrogens is 316 g/mol. The van der Waals surface area contributed by atoms with Crippen molar-refractivity contribution in [3.8, 4) is 0 Å². The summed E-state index contributed by atoms with van der Waals surface area (Å²) in [5.74, 6) is -0.360. The van der Waals surface area contributed by atoms with Crippen LogP contribution in [0.1, 0.15) is 16.1 Å². The van der Waals surface area contributed by atoms with E-state index in [0.29, 0.717) is 17.3 Å². The average molecular weight is 329 g/mol. The first-order valence-corrected chi connectivity index (χ1v) is 7.15. The molecule has 0 saturated carbocycles. The van der Waals surface area contributed by atoms with E-state index in [9.17, 15) is 4.79 Å². The number of nitrogen functional groups attached to an aromatic ring is 1. The molecule has 8 heteroatoms. The number of amides is 1. The van der Waals surface area contributed by atoms with Gasteiger partial charge in [0.05, 0.1) is 18.4 Å². The number of benzene rings is 1. The first-order chi connectivity index (χ1) is 11.1. The number of hydrogen-bond donors (Lipinski definition) is 2. The van der Waals surface area contributed by atoms with Crippen molar-refractivity contribution < 1.29 is 4.79 Å². The molecule has 116 valence electrons. The first-order valence-electron chi connectivity index (χ1n) is 6.77. The molecule has 0 unspecified atom stereocenters. The van der Waals surface area contributed by atoms with Crippen molar-refractivity contribution >= 4 is 29.0 Å². The Morgan fingerprint density at radius 3 is 2.83 bits per heavy atom. The molecule has 1 aromatic carbocycles. The molecule has 23 heavy (non-hydrogen) atoms. The lowest BCUT2D eigenvalue weighted by molar-refractivity contribution is 0.102. The third kappa shape index (κ3) is 3.46. The highest BCUT2D eigenvalue weighted by atomic mass is 35.5. The van der Waals surface area contributed by atoms with Gasteiger partial charge >= 0.3 is 0 Å². The van der Waals surface area contributed by atoms with Crippen LogP contribution in [0, 0.1) is 0 Å². The van der Waals surface area contributed by atoms with E-state index >= 15 is 0 Å². The third-order valence-corrected chi connectivity index (χ3v) is 3.49. The molecule has 0 fully saturated rings. The molecule has 7 nitrogen and oxygen atoms in total. The lowest BCUT2D eigenvalue weighted by Gasteiger charge is -2.04. The monoisotopic (exact) mass is 328 g/mol. The van der Waals surface area contributed by atoms with E-state index in [0.717, 1.165) is 5.56 Å². The van der Waals surface area contributed by atoms with E-state index in [2.05, 4.69) is 20.4 Å². The Hall–Kier alpha value is -2.93. The lowest BCUT2D eigenvalue weighted by Crippen LogP contribution is -2.16. The van der Waals surface area contributed by atoms with Gasteiger partial charge in [0.1, 0.15) is 0 Å². The van der Waals surface area contributed by atoms with Gasteiger partial charge in [-0.2, -0.15) is 5.10 Å². The molecule has 2 aromatic heterocycles. The minimum atomic E-state index is -0.437. The zero-order valence-electron chi connectivity index (χ0n) is 12.0. The Bertz CT molecular complexity index is 847. The number of nitrogens with two attached hydrogens (primary N) is 1. The van der Waals surface area contributed by atoms with Crippen molar-refractivity contribution in [3.63, 3.8) is 0 Å². The smallest absolute Gasteiger partial charge is 0.278 e. The van der Waals surface area contributed by atoms with Crippen LogP contribution < -0.4 is 11.1 Å². The highest BCUT2D eigenvalue weighted by molar-refractivity contribution is 6.31. The van der Waals surface area contributed by atoms with Gasteiger partial charge in [-0.25, -0.2) is 9.97 Å². The van der Waals surface area contributed by atoms with Crippen LogP contribution in [0.15, 0.2) is 49.1 Å². The van der Waals surface area contributed by atoms with Crippen molar-refractivity contribution in [1.29, 1.82) is 0 Å². The maximum atomic E-state index is 12.1. The SMILES string of the molecule is Nc1nccnc1C(=O)Nc1cnn(Cc2ccccc2Cl)c1. The number of rotatable bonds is 4. The van der Waals surface area contributed by atoms with Crippen LogP contribution in [0.2, 0.25) is 5.02 Å². The zero-order valence-corrected chi connectivity index (χ0v) is 12.7. The van der Waals surface area contributed by atoms with E-state index < -0.39 is 5.91 Å². The predicted molar refractivity (Wildman–Crippen MR) is 87.2 cm³/mol. The number of carbonyl (C=O) groups excluding carboxylic acids is 1. The highest BCUT2D eigenvalue weighted by Gasteiger charge is 2.13. The highest BCUT2D eigenvalue weighted by Crippen LogP contribution is 2.17. The third-order valence-electron chi connectivity index (χ3n) is 3.12. The van der Waals surface area contributed by atoms with Gasteiger partial charge in [-0.05, 0) is 11.6 Å². The van der Waals surface area contributed by atoms with Crippen LogP contribution in [0.25, 0.3) is 0 Å². The first kappa shape index (κ1) is 15.0. The number of nitrogens with zero attached hydrogens (tertiary/aromatic N) is 4. The van der Waals surface area contributed by atoms with Crippen molar-refractivity contribution in [1.82, 2.24) is 19.7 Å². The second kappa shape index (κ2) is 6.45. The largest absolute Gasteiger partial charge is 0.382 e. The number of hydrogen-bond acceptors (Lipinski definition) is 5. The molecule has 0 radical (unpaired) electrons. The van der Waals surface area contributed by atoms with E-state index in [1.54, 1.807) is 17.1 Å². The number of nitrogens with one attached hydrogen (secondary N) is 1. The predicted octanol–water partition coefficient (Wildman–Crippen LogP) is 2.21.